The molecule has 0 bridgehead atoms. The largest absolute Gasteiger partial charge is 0.490 e. The number of aliphatic hydroxyl groups is 1. The molecule has 0 saturated heterocycles. The van der Waals surface area contributed by atoms with E-state index in [-0.39, 0.29) is 18.0 Å². The van der Waals surface area contributed by atoms with Crippen molar-refractivity contribution in [3.8, 4) is 5.75 Å². The fourth-order valence-electron chi connectivity index (χ4n) is 1.65. The van der Waals surface area contributed by atoms with Gasteiger partial charge in [0.25, 0.3) is 0 Å². The van der Waals surface area contributed by atoms with Gasteiger partial charge in [0.1, 0.15) is 5.69 Å². The highest BCUT2D eigenvalue weighted by molar-refractivity contribution is 5.68. The van der Waals surface area contributed by atoms with E-state index in [2.05, 4.69) is 5.32 Å². The number of ether oxygens (including phenoxy) is 1. The Morgan fingerprint density at radius 1 is 1.39 bits per heavy atom. The van der Waals surface area contributed by atoms with E-state index in [0.29, 0.717) is 12.2 Å². The number of hydrogen-bond donors (Lipinski definition) is 2. The summed E-state index contributed by atoms with van der Waals surface area (Å²) in [6, 6.07) is 4.93. The standard InChI is InChI=1S/C12H18N2O4/c1-18-11-7-5-6-10(12(11)14(16)17)13-8-3-2-4-9-15/h5-7,13,15H,2-4,8-9H2,1H3. The number of nitrogens with zero attached hydrogens (tertiary/aromatic N) is 1. The molecule has 0 atom stereocenters. The van der Waals surface area contributed by atoms with Crippen LogP contribution in [0.5, 0.6) is 5.75 Å². The summed E-state index contributed by atoms with van der Waals surface area (Å²) in [6.07, 6.45) is 2.50. The Hall–Kier alpha value is -1.82. The predicted octanol–water partition coefficient (Wildman–Crippen LogP) is 2.18. The maximum atomic E-state index is 11.0. The number of nitro groups is 1. The van der Waals surface area contributed by atoms with Crippen molar-refractivity contribution in [2.45, 2.75) is 19.3 Å². The van der Waals surface area contributed by atoms with Gasteiger partial charge in [-0.05, 0) is 31.4 Å². The summed E-state index contributed by atoms with van der Waals surface area (Å²) in [5.41, 5.74) is 0.422. The lowest BCUT2D eigenvalue weighted by Crippen LogP contribution is -2.05. The molecule has 6 heteroatoms. The second-order valence-corrected chi connectivity index (χ2v) is 3.82. The monoisotopic (exact) mass is 254 g/mol. The highest BCUT2D eigenvalue weighted by Gasteiger charge is 2.19. The lowest BCUT2D eigenvalue weighted by Gasteiger charge is -2.09. The molecule has 0 saturated carbocycles. The number of rotatable bonds is 8. The Balaban J connectivity index is 2.67. The van der Waals surface area contributed by atoms with E-state index in [9.17, 15) is 10.1 Å². The minimum absolute atomic E-state index is 0.0397. The second-order valence-electron chi connectivity index (χ2n) is 3.82. The van der Waals surface area contributed by atoms with Crippen molar-refractivity contribution in [1.82, 2.24) is 0 Å². The van der Waals surface area contributed by atoms with Crippen molar-refractivity contribution in [3.05, 3.63) is 28.3 Å². The third-order valence-corrected chi connectivity index (χ3v) is 2.55. The molecule has 1 aromatic rings. The molecule has 1 rings (SSSR count). The Morgan fingerprint density at radius 2 is 2.17 bits per heavy atom. The lowest BCUT2D eigenvalue weighted by molar-refractivity contribution is -0.384. The Labute approximate surface area is 106 Å². The van der Waals surface area contributed by atoms with E-state index in [4.69, 9.17) is 9.84 Å². The third-order valence-electron chi connectivity index (χ3n) is 2.55. The van der Waals surface area contributed by atoms with Crippen LogP contribution in [0.1, 0.15) is 19.3 Å². The average molecular weight is 254 g/mol. The number of benzene rings is 1. The number of methoxy groups -OCH3 is 1. The van der Waals surface area contributed by atoms with E-state index >= 15 is 0 Å². The zero-order valence-corrected chi connectivity index (χ0v) is 10.4. The maximum absolute atomic E-state index is 11.0. The van der Waals surface area contributed by atoms with Gasteiger partial charge in [-0.2, -0.15) is 0 Å². The molecular formula is C12H18N2O4. The molecular weight excluding hydrogens is 236 g/mol. The Kier molecular flexibility index (Phi) is 5.93. The number of anilines is 1. The number of nitro benzene ring substituents is 1. The summed E-state index contributed by atoms with van der Waals surface area (Å²) >= 11 is 0. The Morgan fingerprint density at radius 3 is 2.78 bits per heavy atom. The van der Waals surface area contributed by atoms with Crippen molar-refractivity contribution in [2.75, 3.05) is 25.6 Å². The van der Waals surface area contributed by atoms with Gasteiger partial charge in [0.2, 0.25) is 0 Å². The molecule has 0 fully saturated rings. The van der Waals surface area contributed by atoms with Gasteiger partial charge in [0.05, 0.1) is 12.0 Å². The lowest BCUT2D eigenvalue weighted by atomic mass is 10.2. The molecule has 0 aromatic heterocycles. The van der Waals surface area contributed by atoms with Gasteiger partial charge in [-0.25, -0.2) is 0 Å². The van der Waals surface area contributed by atoms with Crippen molar-refractivity contribution in [1.29, 1.82) is 0 Å². The second kappa shape index (κ2) is 7.50. The van der Waals surface area contributed by atoms with E-state index in [0.717, 1.165) is 19.3 Å². The van der Waals surface area contributed by atoms with Crippen LogP contribution in [0.3, 0.4) is 0 Å². The van der Waals surface area contributed by atoms with E-state index in [1.165, 1.54) is 7.11 Å². The molecule has 2 N–H and O–H groups in total. The Bertz CT molecular complexity index is 396. The molecule has 0 amide bonds. The predicted molar refractivity (Wildman–Crippen MR) is 69.1 cm³/mol. The molecule has 18 heavy (non-hydrogen) atoms. The van der Waals surface area contributed by atoms with Crippen molar-refractivity contribution >= 4 is 11.4 Å². The van der Waals surface area contributed by atoms with Gasteiger partial charge in [-0.1, -0.05) is 6.07 Å². The topological polar surface area (TPSA) is 84.6 Å². The number of para-hydroxylation sites is 1. The number of aliphatic hydroxyl groups excluding tert-OH is 1. The van der Waals surface area contributed by atoms with Gasteiger partial charge >= 0.3 is 5.69 Å². The number of unbranched alkanes of at least 4 members (excludes halogenated alkanes) is 2. The van der Waals surface area contributed by atoms with Gasteiger partial charge in [0.15, 0.2) is 5.75 Å². The van der Waals surface area contributed by atoms with Gasteiger partial charge in [0, 0.05) is 13.2 Å². The fourth-order valence-corrected chi connectivity index (χ4v) is 1.65. The van der Waals surface area contributed by atoms with Crippen LogP contribution in [0.2, 0.25) is 0 Å². The van der Waals surface area contributed by atoms with Crippen LogP contribution in [0, 0.1) is 10.1 Å². The van der Waals surface area contributed by atoms with Gasteiger partial charge in [-0.15, -0.1) is 0 Å². The molecule has 6 nitrogen and oxygen atoms in total. The summed E-state index contributed by atoms with van der Waals surface area (Å²) in [5, 5.41) is 22.7. The third kappa shape index (κ3) is 3.89. The van der Waals surface area contributed by atoms with Crippen LogP contribution in [0.15, 0.2) is 18.2 Å². The molecule has 1 aromatic carbocycles. The van der Waals surface area contributed by atoms with E-state index < -0.39 is 4.92 Å². The van der Waals surface area contributed by atoms with Crippen molar-refractivity contribution < 1.29 is 14.8 Å². The maximum Gasteiger partial charge on any atom is 0.333 e. The zero-order valence-electron chi connectivity index (χ0n) is 10.4. The average Bonchev–Trinajstić information content (AvgIpc) is 2.37. The minimum atomic E-state index is -0.450. The van der Waals surface area contributed by atoms with Crippen LogP contribution in [0.4, 0.5) is 11.4 Å². The summed E-state index contributed by atoms with van der Waals surface area (Å²) in [4.78, 5) is 10.5. The normalized spacial score (nSPS) is 10.1. The fraction of sp³-hybridized carbons (Fsp3) is 0.500. The summed E-state index contributed by atoms with van der Waals surface area (Å²) in [6.45, 7) is 0.813. The summed E-state index contributed by atoms with van der Waals surface area (Å²) in [5.74, 6) is 0.250. The quantitative estimate of drug-likeness (QED) is 0.422. The van der Waals surface area contributed by atoms with Gasteiger partial charge in [-0.3, -0.25) is 10.1 Å². The highest BCUT2D eigenvalue weighted by Crippen LogP contribution is 2.34. The van der Waals surface area contributed by atoms with Crippen LogP contribution < -0.4 is 10.1 Å². The zero-order chi connectivity index (χ0) is 13.4. The highest BCUT2D eigenvalue weighted by atomic mass is 16.6. The molecule has 0 aliphatic carbocycles. The van der Waals surface area contributed by atoms with Crippen LogP contribution >= 0.6 is 0 Å². The first kappa shape index (κ1) is 14.2. The molecule has 0 aliphatic rings. The minimum Gasteiger partial charge on any atom is -0.490 e. The molecule has 100 valence electrons. The first-order valence-corrected chi connectivity index (χ1v) is 5.86. The van der Waals surface area contributed by atoms with Crippen molar-refractivity contribution in [2.24, 2.45) is 0 Å². The molecule has 0 aliphatic heterocycles. The number of hydrogen-bond acceptors (Lipinski definition) is 5. The van der Waals surface area contributed by atoms with E-state index in [1.54, 1.807) is 18.2 Å². The number of nitrogens with one attached hydrogen (secondary N) is 1. The first-order valence-electron chi connectivity index (χ1n) is 5.86. The summed E-state index contributed by atoms with van der Waals surface area (Å²) in [7, 11) is 1.41. The van der Waals surface area contributed by atoms with Gasteiger partial charge < -0.3 is 15.2 Å². The molecule has 0 heterocycles. The first-order chi connectivity index (χ1) is 8.70. The van der Waals surface area contributed by atoms with Crippen LogP contribution in [0.25, 0.3) is 0 Å². The van der Waals surface area contributed by atoms with E-state index in [1.807, 2.05) is 0 Å². The molecule has 0 radical (unpaired) electrons. The smallest absolute Gasteiger partial charge is 0.333 e. The molecule has 0 spiro atoms. The van der Waals surface area contributed by atoms with Crippen LogP contribution in [-0.2, 0) is 0 Å². The molecule has 0 unspecified atom stereocenters. The summed E-state index contributed by atoms with van der Waals surface area (Å²) < 4.78 is 4.98. The van der Waals surface area contributed by atoms with Crippen LogP contribution in [-0.4, -0.2) is 30.3 Å². The van der Waals surface area contributed by atoms with Crippen molar-refractivity contribution in [3.63, 3.8) is 0 Å². The SMILES string of the molecule is COc1cccc(NCCCCCO)c1[N+](=O)[O-].